The van der Waals surface area contributed by atoms with Crippen LogP contribution in [0.25, 0.3) is 0 Å². The van der Waals surface area contributed by atoms with E-state index in [1.807, 2.05) is 0 Å². The normalized spacial score (nSPS) is 21.4. The standard InChI is InChI=1S/C15H26O2/c1-13(2)7-6-8-14(3)10-12-17-15-9-4-5-11-16-15/h7,10,15H,4-6,8-9,11-12H2,1-3H3/b14-10-. The molecule has 0 aromatic carbocycles. The summed E-state index contributed by atoms with van der Waals surface area (Å²) in [6.07, 6.45) is 10.2. The quantitative estimate of drug-likeness (QED) is 0.645. The van der Waals surface area contributed by atoms with E-state index in [2.05, 4.69) is 32.9 Å². The van der Waals surface area contributed by atoms with Gasteiger partial charge in [0.15, 0.2) is 6.29 Å². The van der Waals surface area contributed by atoms with Crippen molar-refractivity contribution in [2.75, 3.05) is 13.2 Å². The van der Waals surface area contributed by atoms with Crippen LogP contribution in [0.5, 0.6) is 0 Å². The lowest BCUT2D eigenvalue weighted by Crippen LogP contribution is -2.22. The molecule has 1 fully saturated rings. The average Bonchev–Trinajstić information content (AvgIpc) is 2.30. The monoisotopic (exact) mass is 238 g/mol. The van der Waals surface area contributed by atoms with Crippen LogP contribution < -0.4 is 0 Å². The lowest BCUT2D eigenvalue weighted by molar-refractivity contribution is -0.155. The Balaban J connectivity index is 2.12. The SMILES string of the molecule is CC(C)=CCC/C(C)=C\COC1CCCCO1. The van der Waals surface area contributed by atoms with Crippen molar-refractivity contribution in [2.45, 2.75) is 59.2 Å². The van der Waals surface area contributed by atoms with Crippen molar-refractivity contribution in [2.24, 2.45) is 0 Å². The summed E-state index contributed by atoms with van der Waals surface area (Å²) in [6.45, 7) is 7.99. The van der Waals surface area contributed by atoms with Crippen LogP contribution in [0.4, 0.5) is 0 Å². The van der Waals surface area contributed by atoms with E-state index >= 15 is 0 Å². The molecule has 17 heavy (non-hydrogen) atoms. The van der Waals surface area contributed by atoms with Gasteiger partial charge in [0, 0.05) is 6.61 Å². The van der Waals surface area contributed by atoms with Crippen LogP contribution in [0.3, 0.4) is 0 Å². The van der Waals surface area contributed by atoms with E-state index in [1.165, 1.54) is 24.0 Å². The Hall–Kier alpha value is -0.600. The first-order chi connectivity index (χ1) is 8.18. The number of hydrogen-bond acceptors (Lipinski definition) is 2. The summed E-state index contributed by atoms with van der Waals surface area (Å²) in [7, 11) is 0. The van der Waals surface area contributed by atoms with Crippen molar-refractivity contribution in [1.82, 2.24) is 0 Å². The van der Waals surface area contributed by atoms with Crippen molar-refractivity contribution in [3.8, 4) is 0 Å². The molecular formula is C15H26O2. The molecule has 2 heteroatoms. The van der Waals surface area contributed by atoms with E-state index < -0.39 is 0 Å². The largest absolute Gasteiger partial charge is 0.353 e. The molecule has 2 nitrogen and oxygen atoms in total. The fraction of sp³-hybridized carbons (Fsp3) is 0.733. The van der Waals surface area contributed by atoms with Gasteiger partial charge in [-0.15, -0.1) is 0 Å². The maximum Gasteiger partial charge on any atom is 0.157 e. The number of hydrogen-bond donors (Lipinski definition) is 0. The zero-order valence-corrected chi connectivity index (χ0v) is 11.5. The molecule has 1 aliphatic rings. The average molecular weight is 238 g/mol. The zero-order valence-electron chi connectivity index (χ0n) is 11.5. The van der Waals surface area contributed by atoms with E-state index in [-0.39, 0.29) is 6.29 Å². The molecule has 0 amide bonds. The highest BCUT2D eigenvalue weighted by Crippen LogP contribution is 2.14. The van der Waals surface area contributed by atoms with Crippen LogP contribution in [0.15, 0.2) is 23.3 Å². The van der Waals surface area contributed by atoms with Gasteiger partial charge >= 0.3 is 0 Å². The van der Waals surface area contributed by atoms with Crippen LogP contribution in [0.1, 0.15) is 52.9 Å². The zero-order chi connectivity index (χ0) is 12.5. The van der Waals surface area contributed by atoms with Crippen molar-refractivity contribution in [3.05, 3.63) is 23.3 Å². The molecule has 1 aliphatic heterocycles. The lowest BCUT2D eigenvalue weighted by atomic mass is 10.1. The van der Waals surface area contributed by atoms with Gasteiger partial charge in [0.1, 0.15) is 0 Å². The van der Waals surface area contributed by atoms with Crippen molar-refractivity contribution < 1.29 is 9.47 Å². The summed E-state index contributed by atoms with van der Waals surface area (Å²) >= 11 is 0. The molecule has 0 N–H and O–H groups in total. The molecule has 1 saturated heterocycles. The Morgan fingerprint density at radius 2 is 2.06 bits per heavy atom. The second kappa shape index (κ2) is 8.48. The van der Waals surface area contributed by atoms with Gasteiger partial charge in [0.25, 0.3) is 0 Å². The summed E-state index contributed by atoms with van der Waals surface area (Å²) in [6, 6.07) is 0. The first-order valence-electron chi connectivity index (χ1n) is 6.70. The van der Waals surface area contributed by atoms with Crippen LogP contribution in [-0.4, -0.2) is 19.5 Å². The third-order valence-electron chi connectivity index (χ3n) is 2.94. The van der Waals surface area contributed by atoms with Crippen LogP contribution in [0, 0.1) is 0 Å². The summed E-state index contributed by atoms with van der Waals surface area (Å²) in [5.74, 6) is 0. The lowest BCUT2D eigenvalue weighted by Gasteiger charge is -2.22. The van der Waals surface area contributed by atoms with Gasteiger partial charge in [0.05, 0.1) is 6.61 Å². The highest BCUT2D eigenvalue weighted by molar-refractivity contribution is 5.02. The second-order valence-electron chi connectivity index (χ2n) is 5.00. The molecule has 0 aromatic rings. The van der Waals surface area contributed by atoms with Gasteiger partial charge in [-0.05, 0) is 52.9 Å². The Morgan fingerprint density at radius 3 is 2.71 bits per heavy atom. The van der Waals surface area contributed by atoms with E-state index in [0.29, 0.717) is 6.61 Å². The third-order valence-corrected chi connectivity index (χ3v) is 2.94. The molecular weight excluding hydrogens is 212 g/mol. The summed E-state index contributed by atoms with van der Waals surface area (Å²) in [5, 5.41) is 0. The molecule has 0 aromatic heterocycles. The molecule has 98 valence electrons. The first kappa shape index (κ1) is 14.5. The minimum Gasteiger partial charge on any atom is -0.353 e. The topological polar surface area (TPSA) is 18.5 Å². The van der Waals surface area contributed by atoms with E-state index in [9.17, 15) is 0 Å². The Labute approximate surface area is 106 Å². The van der Waals surface area contributed by atoms with Gasteiger partial charge in [-0.25, -0.2) is 0 Å². The number of allylic oxidation sites excluding steroid dienone is 3. The Morgan fingerprint density at radius 1 is 1.24 bits per heavy atom. The fourth-order valence-electron chi connectivity index (χ4n) is 1.83. The van der Waals surface area contributed by atoms with Gasteiger partial charge in [-0.2, -0.15) is 0 Å². The van der Waals surface area contributed by atoms with Gasteiger partial charge in [0.2, 0.25) is 0 Å². The van der Waals surface area contributed by atoms with Crippen LogP contribution >= 0.6 is 0 Å². The molecule has 1 unspecified atom stereocenters. The molecule has 0 bridgehead atoms. The first-order valence-corrected chi connectivity index (χ1v) is 6.70. The molecule has 0 spiro atoms. The van der Waals surface area contributed by atoms with Gasteiger partial charge < -0.3 is 9.47 Å². The third kappa shape index (κ3) is 7.35. The molecule has 0 saturated carbocycles. The molecule has 1 heterocycles. The second-order valence-corrected chi connectivity index (χ2v) is 5.00. The maximum absolute atomic E-state index is 5.67. The van der Waals surface area contributed by atoms with Crippen molar-refractivity contribution in [3.63, 3.8) is 0 Å². The van der Waals surface area contributed by atoms with E-state index in [1.54, 1.807) is 0 Å². The number of ether oxygens (including phenoxy) is 2. The fourth-order valence-corrected chi connectivity index (χ4v) is 1.83. The maximum atomic E-state index is 5.67. The van der Waals surface area contributed by atoms with Gasteiger partial charge in [-0.1, -0.05) is 23.3 Å². The molecule has 1 atom stereocenters. The van der Waals surface area contributed by atoms with Crippen molar-refractivity contribution >= 4 is 0 Å². The van der Waals surface area contributed by atoms with Gasteiger partial charge in [-0.3, -0.25) is 0 Å². The predicted molar refractivity (Wildman–Crippen MR) is 72.0 cm³/mol. The Bertz CT molecular complexity index is 256. The van der Waals surface area contributed by atoms with E-state index in [4.69, 9.17) is 9.47 Å². The molecule has 0 aliphatic carbocycles. The highest BCUT2D eigenvalue weighted by Gasteiger charge is 2.12. The highest BCUT2D eigenvalue weighted by atomic mass is 16.7. The van der Waals surface area contributed by atoms with Crippen LogP contribution in [-0.2, 0) is 9.47 Å². The van der Waals surface area contributed by atoms with Crippen molar-refractivity contribution in [1.29, 1.82) is 0 Å². The summed E-state index contributed by atoms with van der Waals surface area (Å²) < 4.78 is 11.2. The minimum atomic E-state index is 0.0329. The predicted octanol–water partition coefficient (Wildman–Crippen LogP) is 4.22. The summed E-state index contributed by atoms with van der Waals surface area (Å²) in [4.78, 5) is 0. The smallest absolute Gasteiger partial charge is 0.157 e. The Kier molecular flexibility index (Phi) is 7.22. The minimum absolute atomic E-state index is 0.0329. The van der Waals surface area contributed by atoms with Crippen LogP contribution in [0.2, 0.25) is 0 Å². The van der Waals surface area contributed by atoms with E-state index in [0.717, 1.165) is 25.9 Å². The number of rotatable bonds is 6. The summed E-state index contributed by atoms with van der Waals surface area (Å²) in [5.41, 5.74) is 2.79. The molecule has 0 radical (unpaired) electrons. The molecule has 1 rings (SSSR count).